The number of hydrogen-bond donors (Lipinski definition) is 0. The van der Waals surface area contributed by atoms with E-state index in [1.54, 1.807) is 6.92 Å². The van der Waals surface area contributed by atoms with Gasteiger partial charge in [-0.25, -0.2) is 9.59 Å². The summed E-state index contributed by atoms with van der Waals surface area (Å²) in [7, 11) is 1.30. The third kappa shape index (κ3) is 6.10. The molecule has 1 aromatic rings. The van der Waals surface area contributed by atoms with E-state index < -0.39 is 11.9 Å². The minimum atomic E-state index is -0.511. The molecule has 0 amide bonds. The van der Waals surface area contributed by atoms with E-state index in [1.807, 2.05) is 37.3 Å². The fraction of sp³-hybridized carbons (Fsp3) is 0.368. The summed E-state index contributed by atoms with van der Waals surface area (Å²) in [5.74, 6) is -0.911. The quantitative estimate of drug-likeness (QED) is 0.543. The van der Waals surface area contributed by atoms with Gasteiger partial charge in [0.1, 0.15) is 0 Å². The Labute approximate surface area is 137 Å². The van der Waals surface area contributed by atoms with Gasteiger partial charge in [-0.3, -0.25) is 0 Å². The standard InChI is InChI=1S/C19H24O4/c1-5-23-19(21)17(13-15(3)18(20)22-4)14(2)11-12-16-9-7-6-8-10-16/h6-10H,3,5,11-13H2,1-2,4H3/b17-14+. The van der Waals surface area contributed by atoms with E-state index in [0.717, 1.165) is 12.0 Å². The number of carbonyl (C=O) groups is 2. The Morgan fingerprint density at radius 3 is 2.35 bits per heavy atom. The maximum absolute atomic E-state index is 12.2. The van der Waals surface area contributed by atoms with Gasteiger partial charge in [-0.05, 0) is 32.3 Å². The number of benzene rings is 1. The molecule has 0 radical (unpaired) electrons. The van der Waals surface area contributed by atoms with Crippen LogP contribution in [-0.2, 0) is 25.5 Å². The van der Waals surface area contributed by atoms with Gasteiger partial charge in [0.25, 0.3) is 0 Å². The van der Waals surface area contributed by atoms with E-state index in [-0.39, 0.29) is 12.0 Å². The lowest BCUT2D eigenvalue weighted by atomic mass is 9.97. The molecule has 0 heterocycles. The van der Waals surface area contributed by atoms with Gasteiger partial charge in [-0.15, -0.1) is 0 Å². The predicted molar refractivity (Wildman–Crippen MR) is 89.9 cm³/mol. The van der Waals surface area contributed by atoms with Crippen molar-refractivity contribution in [2.24, 2.45) is 0 Å². The number of hydrogen-bond acceptors (Lipinski definition) is 4. The van der Waals surface area contributed by atoms with Gasteiger partial charge in [0.2, 0.25) is 0 Å². The molecular formula is C19H24O4. The van der Waals surface area contributed by atoms with Crippen LogP contribution in [0.3, 0.4) is 0 Å². The van der Waals surface area contributed by atoms with Crippen LogP contribution >= 0.6 is 0 Å². The van der Waals surface area contributed by atoms with Gasteiger partial charge in [0.15, 0.2) is 0 Å². The van der Waals surface area contributed by atoms with E-state index in [0.29, 0.717) is 18.6 Å². The molecule has 0 aliphatic rings. The largest absolute Gasteiger partial charge is 0.466 e. The van der Waals surface area contributed by atoms with Crippen molar-refractivity contribution in [1.29, 1.82) is 0 Å². The first-order valence-electron chi connectivity index (χ1n) is 7.65. The second-order valence-electron chi connectivity index (χ2n) is 5.24. The molecule has 0 N–H and O–H groups in total. The third-order valence-corrected chi connectivity index (χ3v) is 3.53. The number of ether oxygens (including phenoxy) is 2. The van der Waals surface area contributed by atoms with Gasteiger partial charge >= 0.3 is 11.9 Å². The number of aryl methyl sites for hydroxylation is 1. The monoisotopic (exact) mass is 316 g/mol. The Kier molecular flexibility index (Phi) is 7.81. The number of methoxy groups -OCH3 is 1. The summed E-state index contributed by atoms with van der Waals surface area (Å²) in [5.41, 5.74) is 2.83. The van der Waals surface area contributed by atoms with Crippen molar-refractivity contribution in [3.8, 4) is 0 Å². The first-order valence-corrected chi connectivity index (χ1v) is 7.65. The van der Waals surface area contributed by atoms with Crippen LogP contribution in [-0.4, -0.2) is 25.7 Å². The number of carbonyl (C=O) groups excluding carboxylic acids is 2. The molecule has 0 aliphatic heterocycles. The summed E-state index contributed by atoms with van der Waals surface area (Å²) in [6, 6.07) is 10.0. The lowest BCUT2D eigenvalue weighted by Crippen LogP contribution is -2.14. The maximum Gasteiger partial charge on any atom is 0.334 e. The van der Waals surface area contributed by atoms with Crippen LogP contribution in [0.2, 0.25) is 0 Å². The molecule has 4 nitrogen and oxygen atoms in total. The first-order chi connectivity index (χ1) is 11.0. The van der Waals surface area contributed by atoms with Crippen LogP contribution in [0.4, 0.5) is 0 Å². The van der Waals surface area contributed by atoms with Crippen LogP contribution in [0.15, 0.2) is 53.6 Å². The van der Waals surface area contributed by atoms with Gasteiger partial charge in [-0.1, -0.05) is 42.5 Å². The molecule has 0 fully saturated rings. The third-order valence-electron chi connectivity index (χ3n) is 3.53. The summed E-state index contributed by atoms with van der Waals surface area (Å²) in [6.45, 7) is 7.63. The molecule has 1 rings (SSSR count). The Balaban J connectivity index is 2.89. The normalized spacial score (nSPS) is 11.4. The van der Waals surface area contributed by atoms with Crippen molar-refractivity contribution < 1.29 is 19.1 Å². The second-order valence-corrected chi connectivity index (χ2v) is 5.24. The maximum atomic E-state index is 12.2. The lowest BCUT2D eigenvalue weighted by molar-refractivity contribution is -0.138. The molecule has 124 valence electrons. The Morgan fingerprint density at radius 1 is 1.13 bits per heavy atom. The van der Waals surface area contributed by atoms with E-state index in [9.17, 15) is 9.59 Å². The van der Waals surface area contributed by atoms with Gasteiger partial charge in [0.05, 0.1) is 13.7 Å². The van der Waals surface area contributed by atoms with Crippen molar-refractivity contribution in [2.45, 2.75) is 33.1 Å². The molecule has 0 unspecified atom stereocenters. The average Bonchev–Trinajstić information content (AvgIpc) is 2.57. The molecule has 1 aromatic carbocycles. The number of esters is 2. The summed E-state index contributed by atoms with van der Waals surface area (Å²) in [6.07, 6.45) is 1.68. The van der Waals surface area contributed by atoms with E-state index >= 15 is 0 Å². The molecule has 23 heavy (non-hydrogen) atoms. The van der Waals surface area contributed by atoms with Gasteiger partial charge in [-0.2, -0.15) is 0 Å². The van der Waals surface area contributed by atoms with Crippen LogP contribution < -0.4 is 0 Å². The highest BCUT2D eigenvalue weighted by Gasteiger charge is 2.18. The zero-order valence-electron chi connectivity index (χ0n) is 14.1. The highest BCUT2D eigenvalue weighted by atomic mass is 16.5. The summed E-state index contributed by atoms with van der Waals surface area (Å²) in [5, 5.41) is 0. The summed E-state index contributed by atoms with van der Waals surface area (Å²) >= 11 is 0. The number of rotatable bonds is 8. The zero-order valence-corrected chi connectivity index (χ0v) is 14.1. The molecule has 0 aliphatic carbocycles. The summed E-state index contributed by atoms with van der Waals surface area (Å²) in [4.78, 5) is 23.7. The van der Waals surface area contributed by atoms with E-state index in [4.69, 9.17) is 4.74 Å². The molecule has 0 aromatic heterocycles. The number of allylic oxidation sites excluding steroid dienone is 1. The SMILES string of the molecule is C=C(C/C(C(=O)OCC)=C(/C)CCc1ccccc1)C(=O)OC. The molecule has 0 saturated carbocycles. The minimum absolute atomic E-state index is 0.145. The van der Waals surface area contributed by atoms with Crippen LogP contribution in [0.25, 0.3) is 0 Å². The minimum Gasteiger partial charge on any atom is -0.466 e. The highest BCUT2D eigenvalue weighted by molar-refractivity contribution is 5.94. The van der Waals surface area contributed by atoms with Crippen molar-refractivity contribution in [1.82, 2.24) is 0 Å². The molecule has 0 spiro atoms. The van der Waals surface area contributed by atoms with Crippen molar-refractivity contribution in [2.75, 3.05) is 13.7 Å². The average molecular weight is 316 g/mol. The molecule has 0 bridgehead atoms. The van der Waals surface area contributed by atoms with Crippen LogP contribution in [0.1, 0.15) is 32.3 Å². The van der Waals surface area contributed by atoms with Gasteiger partial charge < -0.3 is 9.47 Å². The van der Waals surface area contributed by atoms with E-state index in [2.05, 4.69) is 11.3 Å². The van der Waals surface area contributed by atoms with Gasteiger partial charge in [0, 0.05) is 17.6 Å². The fourth-order valence-corrected chi connectivity index (χ4v) is 2.17. The Morgan fingerprint density at radius 2 is 1.78 bits per heavy atom. The Bertz CT molecular complexity index is 585. The molecule has 0 saturated heterocycles. The fourth-order valence-electron chi connectivity index (χ4n) is 2.17. The van der Waals surface area contributed by atoms with E-state index in [1.165, 1.54) is 12.7 Å². The predicted octanol–water partition coefficient (Wildman–Crippen LogP) is 3.62. The molecular weight excluding hydrogens is 292 g/mol. The highest BCUT2D eigenvalue weighted by Crippen LogP contribution is 2.20. The van der Waals surface area contributed by atoms with Crippen molar-refractivity contribution in [3.05, 3.63) is 59.2 Å². The van der Waals surface area contributed by atoms with Crippen molar-refractivity contribution >= 4 is 11.9 Å². The summed E-state index contributed by atoms with van der Waals surface area (Å²) < 4.78 is 9.75. The second kappa shape index (κ2) is 9.62. The Hall–Kier alpha value is -2.36. The smallest absolute Gasteiger partial charge is 0.334 e. The van der Waals surface area contributed by atoms with Crippen molar-refractivity contribution in [3.63, 3.8) is 0 Å². The van der Waals surface area contributed by atoms with Crippen LogP contribution in [0, 0.1) is 0 Å². The topological polar surface area (TPSA) is 52.6 Å². The zero-order chi connectivity index (χ0) is 17.2. The molecule has 0 atom stereocenters. The lowest BCUT2D eigenvalue weighted by Gasteiger charge is -2.12. The first kappa shape index (κ1) is 18.7. The van der Waals surface area contributed by atoms with Crippen LogP contribution in [0.5, 0.6) is 0 Å². The molecule has 4 heteroatoms.